The van der Waals surface area contributed by atoms with Gasteiger partial charge in [0.2, 0.25) is 5.75 Å². The second-order valence-electron chi connectivity index (χ2n) is 6.86. The van der Waals surface area contributed by atoms with Crippen LogP contribution in [0.25, 0.3) is 22.1 Å². The van der Waals surface area contributed by atoms with Crippen LogP contribution in [0, 0.1) is 17.0 Å². The maximum absolute atomic E-state index is 12.4. The molecule has 0 spiro atoms. The number of nitro benzene ring substituents is 1. The quantitative estimate of drug-likeness (QED) is 0.189. The summed E-state index contributed by atoms with van der Waals surface area (Å²) in [6.45, 7) is 1.84. The standard InChI is InChI=1S/C23H15ClN2O5/c1-13-8-17(25-12-15-9-16(24)11-20(22(15)27)26(29)30)6-7-18(13)19-10-14-4-2-3-5-21(14)31-23(19)28/h2-12,27H,1H3. The van der Waals surface area contributed by atoms with Gasteiger partial charge in [0.15, 0.2) is 0 Å². The summed E-state index contributed by atoms with van der Waals surface area (Å²) >= 11 is 5.90. The van der Waals surface area contributed by atoms with Crippen molar-refractivity contribution in [2.75, 3.05) is 0 Å². The molecule has 4 rings (SSSR count). The molecule has 0 aliphatic carbocycles. The molecule has 0 atom stereocenters. The van der Waals surface area contributed by atoms with Crippen LogP contribution >= 0.6 is 11.6 Å². The van der Waals surface area contributed by atoms with E-state index in [4.69, 9.17) is 16.0 Å². The largest absolute Gasteiger partial charge is 0.502 e. The van der Waals surface area contributed by atoms with Crippen LogP contribution in [0.15, 0.2) is 74.9 Å². The molecule has 0 saturated carbocycles. The summed E-state index contributed by atoms with van der Waals surface area (Å²) in [6.07, 6.45) is 1.30. The van der Waals surface area contributed by atoms with Gasteiger partial charge in [-0.05, 0) is 48.4 Å². The van der Waals surface area contributed by atoms with Crippen molar-refractivity contribution in [1.82, 2.24) is 0 Å². The number of para-hydroxylation sites is 1. The lowest BCUT2D eigenvalue weighted by Crippen LogP contribution is -2.03. The normalized spacial score (nSPS) is 11.3. The highest BCUT2D eigenvalue weighted by molar-refractivity contribution is 6.31. The van der Waals surface area contributed by atoms with Crippen LogP contribution in [0.4, 0.5) is 11.4 Å². The number of rotatable bonds is 4. The fraction of sp³-hybridized carbons (Fsp3) is 0.0435. The predicted octanol–water partition coefficient (Wildman–Crippen LogP) is 5.79. The van der Waals surface area contributed by atoms with Gasteiger partial charge in [-0.2, -0.15) is 0 Å². The summed E-state index contributed by atoms with van der Waals surface area (Å²) in [5.41, 5.74) is 2.18. The minimum absolute atomic E-state index is 0.112. The number of phenols is 1. The summed E-state index contributed by atoms with van der Waals surface area (Å²) in [4.78, 5) is 27.0. The number of aromatic hydroxyl groups is 1. The maximum atomic E-state index is 12.4. The van der Waals surface area contributed by atoms with Crippen LogP contribution in [0.1, 0.15) is 11.1 Å². The second kappa shape index (κ2) is 8.04. The van der Waals surface area contributed by atoms with Gasteiger partial charge in [0.25, 0.3) is 0 Å². The predicted molar refractivity (Wildman–Crippen MR) is 120 cm³/mol. The van der Waals surface area contributed by atoms with Crippen molar-refractivity contribution >= 4 is 40.2 Å². The molecule has 0 radical (unpaired) electrons. The molecule has 7 nitrogen and oxygen atoms in total. The molecule has 1 aromatic heterocycles. The summed E-state index contributed by atoms with van der Waals surface area (Å²) in [6, 6.07) is 16.7. The zero-order chi connectivity index (χ0) is 22.1. The van der Waals surface area contributed by atoms with Gasteiger partial charge >= 0.3 is 11.3 Å². The minimum atomic E-state index is -0.716. The molecule has 0 fully saturated rings. The Labute approximate surface area is 181 Å². The maximum Gasteiger partial charge on any atom is 0.344 e. The van der Waals surface area contributed by atoms with E-state index in [2.05, 4.69) is 4.99 Å². The first-order valence-corrected chi connectivity index (χ1v) is 9.56. The average Bonchev–Trinajstić information content (AvgIpc) is 2.73. The van der Waals surface area contributed by atoms with E-state index >= 15 is 0 Å². The Bertz CT molecular complexity index is 1430. The molecule has 0 unspecified atom stereocenters. The number of halogens is 1. The van der Waals surface area contributed by atoms with E-state index in [-0.39, 0.29) is 10.6 Å². The van der Waals surface area contributed by atoms with Crippen molar-refractivity contribution in [2.24, 2.45) is 4.99 Å². The van der Waals surface area contributed by atoms with Crippen molar-refractivity contribution in [1.29, 1.82) is 0 Å². The SMILES string of the molecule is Cc1cc(N=Cc2cc(Cl)cc([N+](=O)[O-])c2O)ccc1-c1cc2ccccc2oc1=O. The Morgan fingerprint density at radius 3 is 2.61 bits per heavy atom. The van der Waals surface area contributed by atoms with E-state index < -0.39 is 22.0 Å². The Kier molecular flexibility index (Phi) is 5.27. The van der Waals surface area contributed by atoms with Crippen molar-refractivity contribution in [3.63, 3.8) is 0 Å². The Morgan fingerprint density at radius 1 is 1.10 bits per heavy atom. The molecule has 0 bridgehead atoms. The van der Waals surface area contributed by atoms with E-state index in [1.165, 1.54) is 12.3 Å². The Morgan fingerprint density at radius 2 is 1.87 bits per heavy atom. The fourth-order valence-corrected chi connectivity index (χ4v) is 3.49. The summed E-state index contributed by atoms with van der Waals surface area (Å²) < 4.78 is 5.41. The van der Waals surface area contributed by atoms with Crippen LogP contribution in [-0.4, -0.2) is 16.2 Å². The highest BCUT2D eigenvalue weighted by Crippen LogP contribution is 2.33. The molecular formula is C23H15ClN2O5. The van der Waals surface area contributed by atoms with Gasteiger partial charge in [-0.1, -0.05) is 35.9 Å². The van der Waals surface area contributed by atoms with E-state index in [1.54, 1.807) is 36.4 Å². The number of benzene rings is 3. The molecule has 0 saturated heterocycles. The molecule has 0 aliphatic rings. The van der Waals surface area contributed by atoms with Crippen LogP contribution in [0.2, 0.25) is 5.02 Å². The molecule has 8 heteroatoms. The zero-order valence-electron chi connectivity index (χ0n) is 16.2. The van der Waals surface area contributed by atoms with Crippen LogP contribution in [0.5, 0.6) is 5.75 Å². The van der Waals surface area contributed by atoms with Crippen LogP contribution < -0.4 is 5.63 Å². The number of aryl methyl sites for hydroxylation is 1. The van der Waals surface area contributed by atoms with E-state index in [9.17, 15) is 20.0 Å². The van der Waals surface area contributed by atoms with Crippen molar-refractivity contribution in [3.8, 4) is 16.9 Å². The third-order valence-electron chi connectivity index (χ3n) is 4.78. The highest BCUT2D eigenvalue weighted by atomic mass is 35.5. The number of hydrogen-bond donors (Lipinski definition) is 1. The summed E-state index contributed by atoms with van der Waals surface area (Å²) in [7, 11) is 0. The monoisotopic (exact) mass is 434 g/mol. The third kappa shape index (κ3) is 4.04. The molecule has 0 amide bonds. The van der Waals surface area contributed by atoms with Crippen molar-refractivity contribution < 1.29 is 14.4 Å². The lowest BCUT2D eigenvalue weighted by Gasteiger charge is -2.07. The van der Waals surface area contributed by atoms with Gasteiger partial charge in [-0.25, -0.2) is 4.79 Å². The Hall–Kier alpha value is -3.97. The molecule has 31 heavy (non-hydrogen) atoms. The Balaban J connectivity index is 1.70. The van der Waals surface area contributed by atoms with Gasteiger partial charge in [0.1, 0.15) is 5.58 Å². The molecule has 1 heterocycles. The third-order valence-corrected chi connectivity index (χ3v) is 4.99. The van der Waals surface area contributed by atoms with Crippen LogP contribution in [-0.2, 0) is 0 Å². The highest BCUT2D eigenvalue weighted by Gasteiger charge is 2.18. The number of nitrogens with zero attached hydrogens (tertiary/aromatic N) is 2. The van der Waals surface area contributed by atoms with Gasteiger partial charge < -0.3 is 9.52 Å². The lowest BCUT2D eigenvalue weighted by atomic mass is 10.0. The van der Waals surface area contributed by atoms with E-state index in [0.717, 1.165) is 17.0 Å². The minimum Gasteiger partial charge on any atom is -0.502 e. The molecular weight excluding hydrogens is 420 g/mol. The topological polar surface area (TPSA) is 106 Å². The molecule has 4 aromatic rings. The summed E-state index contributed by atoms with van der Waals surface area (Å²) in [5, 5.41) is 22.1. The summed E-state index contributed by atoms with van der Waals surface area (Å²) in [5.74, 6) is -0.514. The number of nitro groups is 1. The van der Waals surface area contributed by atoms with Crippen molar-refractivity contribution in [2.45, 2.75) is 6.92 Å². The van der Waals surface area contributed by atoms with Gasteiger partial charge in [0.05, 0.1) is 16.2 Å². The number of fused-ring (bicyclic) bond motifs is 1. The first kappa shape index (κ1) is 20.3. The molecule has 154 valence electrons. The lowest BCUT2D eigenvalue weighted by molar-refractivity contribution is -0.385. The second-order valence-corrected chi connectivity index (χ2v) is 7.30. The average molecular weight is 435 g/mol. The molecule has 3 aromatic carbocycles. The molecule has 0 aliphatic heterocycles. The first-order valence-electron chi connectivity index (χ1n) is 9.18. The number of phenolic OH excluding ortho intramolecular Hbond substituents is 1. The number of aliphatic imine (C=N–C) groups is 1. The van der Waals surface area contributed by atoms with E-state index in [0.29, 0.717) is 22.4 Å². The van der Waals surface area contributed by atoms with E-state index in [1.807, 2.05) is 19.1 Å². The first-order chi connectivity index (χ1) is 14.8. The fourth-order valence-electron chi connectivity index (χ4n) is 3.27. The molecule has 1 N–H and O–H groups in total. The van der Waals surface area contributed by atoms with Crippen LogP contribution in [0.3, 0.4) is 0 Å². The number of hydrogen-bond acceptors (Lipinski definition) is 6. The zero-order valence-corrected chi connectivity index (χ0v) is 17.0. The van der Waals surface area contributed by atoms with Crippen molar-refractivity contribution in [3.05, 3.63) is 97.3 Å². The smallest absolute Gasteiger partial charge is 0.344 e. The van der Waals surface area contributed by atoms with Gasteiger partial charge in [0, 0.05) is 28.3 Å². The van der Waals surface area contributed by atoms with Gasteiger partial charge in [-0.15, -0.1) is 0 Å². The van der Waals surface area contributed by atoms with Gasteiger partial charge in [-0.3, -0.25) is 15.1 Å².